The number of pyridine rings is 2. The van der Waals surface area contributed by atoms with Gasteiger partial charge in [-0.05, 0) is 56.0 Å². The van der Waals surface area contributed by atoms with Gasteiger partial charge < -0.3 is 4.74 Å². The maximum Gasteiger partial charge on any atom is 0.140 e. The highest BCUT2D eigenvalue weighted by Crippen LogP contribution is 2.36. The second kappa shape index (κ2) is 8.96. The number of halogens is 2. The molecule has 154 valence electrons. The van der Waals surface area contributed by atoms with Crippen LogP contribution in [-0.4, -0.2) is 18.9 Å². The summed E-state index contributed by atoms with van der Waals surface area (Å²) >= 11 is 12.9. The number of hydrogen-bond donors (Lipinski definition) is 1. The Labute approximate surface area is 183 Å². The normalized spacial score (nSPS) is 14.0. The summed E-state index contributed by atoms with van der Waals surface area (Å²) in [7, 11) is -1.44. The zero-order valence-electron chi connectivity index (χ0n) is 16.5. The Morgan fingerprint density at radius 3 is 2.66 bits per heavy atom. The third-order valence-corrected chi connectivity index (χ3v) is 6.68. The predicted octanol–water partition coefficient (Wildman–Crippen LogP) is 5.41. The summed E-state index contributed by atoms with van der Waals surface area (Å²) in [4.78, 5) is 8.77. The summed E-state index contributed by atoms with van der Waals surface area (Å²) in [6, 6.07) is 11.2. The molecule has 0 aliphatic rings. The SMILES string of the molecule is C[C@@H](CC(C)(C)S(N)=O)c1cc2cc(Cl)c(OCc3ccccn3)cc2nc1Cl. The van der Waals surface area contributed by atoms with Crippen LogP contribution in [0.15, 0.2) is 42.6 Å². The van der Waals surface area contributed by atoms with E-state index in [1.54, 1.807) is 12.3 Å². The van der Waals surface area contributed by atoms with E-state index in [2.05, 4.69) is 9.97 Å². The lowest BCUT2D eigenvalue weighted by Crippen LogP contribution is -2.33. The zero-order valence-corrected chi connectivity index (χ0v) is 18.8. The van der Waals surface area contributed by atoms with Crippen LogP contribution >= 0.6 is 23.2 Å². The summed E-state index contributed by atoms with van der Waals surface area (Å²) in [6.45, 7) is 6.09. The average molecular weight is 452 g/mol. The van der Waals surface area contributed by atoms with Crippen molar-refractivity contribution in [3.8, 4) is 5.75 Å². The van der Waals surface area contributed by atoms with Crippen LogP contribution in [0.3, 0.4) is 0 Å². The molecule has 0 radical (unpaired) electrons. The number of nitrogens with two attached hydrogens (primary N) is 1. The van der Waals surface area contributed by atoms with Gasteiger partial charge in [-0.2, -0.15) is 0 Å². The maximum absolute atomic E-state index is 11.8. The molecule has 0 aliphatic carbocycles. The fraction of sp³-hybridized carbons (Fsp3) is 0.333. The van der Waals surface area contributed by atoms with Gasteiger partial charge in [-0.3, -0.25) is 10.1 Å². The van der Waals surface area contributed by atoms with E-state index in [1.165, 1.54) is 0 Å². The van der Waals surface area contributed by atoms with Gasteiger partial charge in [0.15, 0.2) is 0 Å². The number of ether oxygens (including phenoxy) is 1. The molecule has 3 aromatic rings. The first kappa shape index (κ1) is 22.0. The molecule has 3 rings (SSSR count). The van der Waals surface area contributed by atoms with Gasteiger partial charge in [-0.15, -0.1) is 0 Å². The monoisotopic (exact) mass is 451 g/mol. The van der Waals surface area contributed by atoms with Gasteiger partial charge in [0.1, 0.15) is 17.5 Å². The largest absolute Gasteiger partial charge is 0.486 e. The third-order valence-electron chi connectivity index (χ3n) is 4.82. The Hall–Kier alpha value is -1.73. The maximum atomic E-state index is 11.8. The number of fused-ring (bicyclic) bond motifs is 1. The van der Waals surface area contributed by atoms with Crippen molar-refractivity contribution in [3.05, 3.63) is 64.0 Å². The first-order chi connectivity index (χ1) is 13.7. The van der Waals surface area contributed by atoms with Crippen LogP contribution in [0.25, 0.3) is 10.9 Å². The molecule has 0 saturated heterocycles. The van der Waals surface area contributed by atoms with E-state index in [-0.39, 0.29) is 5.92 Å². The molecule has 0 bridgehead atoms. The van der Waals surface area contributed by atoms with Crippen LogP contribution in [-0.2, 0) is 17.6 Å². The number of nitrogens with zero attached hydrogens (tertiary/aromatic N) is 2. The molecular weight excluding hydrogens is 429 g/mol. The predicted molar refractivity (Wildman–Crippen MR) is 120 cm³/mol. The van der Waals surface area contributed by atoms with Crippen LogP contribution in [0.2, 0.25) is 10.2 Å². The van der Waals surface area contributed by atoms with Crippen molar-refractivity contribution in [3.63, 3.8) is 0 Å². The Morgan fingerprint density at radius 2 is 2.00 bits per heavy atom. The van der Waals surface area contributed by atoms with E-state index in [4.69, 9.17) is 33.1 Å². The Bertz CT molecular complexity index is 1050. The molecule has 2 aromatic heterocycles. The standard InChI is InChI=1S/C21H23Cl2N3O2S/c1-13(11-21(2,3)29(24)27)16-8-14-9-17(22)19(10-18(14)26-20(16)23)28-12-15-6-4-5-7-25-15/h4-10,13H,11-12,24H2,1-3H3/t13-,29?/m0/s1. The lowest BCUT2D eigenvalue weighted by molar-refractivity contribution is 0.302. The van der Waals surface area contributed by atoms with Crippen LogP contribution in [0.1, 0.15) is 44.4 Å². The van der Waals surface area contributed by atoms with Gasteiger partial charge in [0.05, 0.1) is 32.0 Å². The number of benzene rings is 1. The molecule has 0 amide bonds. The molecular formula is C21H23Cl2N3O2S. The van der Waals surface area contributed by atoms with Gasteiger partial charge >= 0.3 is 0 Å². The number of hydrogen-bond acceptors (Lipinski definition) is 4. The third kappa shape index (κ3) is 5.25. The second-order valence-corrected chi connectivity index (χ2v) is 10.1. The summed E-state index contributed by atoms with van der Waals surface area (Å²) < 4.78 is 17.1. The van der Waals surface area contributed by atoms with E-state index in [0.29, 0.717) is 34.5 Å². The lowest BCUT2D eigenvalue weighted by atomic mass is 9.91. The van der Waals surface area contributed by atoms with Crippen LogP contribution < -0.4 is 9.88 Å². The van der Waals surface area contributed by atoms with E-state index in [9.17, 15) is 4.21 Å². The molecule has 5 nitrogen and oxygen atoms in total. The number of rotatable bonds is 7. The molecule has 0 spiro atoms. The van der Waals surface area contributed by atoms with Crippen molar-refractivity contribution < 1.29 is 8.95 Å². The number of aromatic nitrogens is 2. The van der Waals surface area contributed by atoms with Gasteiger partial charge in [0.2, 0.25) is 0 Å². The summed E-state index contributed by atoms with van der Waals surface area (Å²) in [5.41, 5.74) is 2.36. The van der Waals surface area contributed by atoms with E-state index in [1.807, 2.05) is 51.1 Å². The van der Waals surface area contributed by atoms with Crippen LogP contribution in [0, 0.1) is 0 Å². The highest BCUT2D eigenvalue weighted by atomic mass is 35.5. The van der Waals surface area contributed by atoms with Crippen LogP contribution in [0.5, 0.6) is 5.75 Å². The van der Waals surface area contributed by atoms with E-state index in [0.717, 1.165) is 16.6 Å². The lowest BCUT2D eigenvalue weighted by Gasteiger charge is -2.25. The van der Waals surface area contributed by atoms with Gasteiger partial charge in [0, 0.05) is 17.6 Å². The molecule has 2 atom stereocenters. The minimum Gasteiger partial charge on any atom is -0.486 e. The molecule has 8 heteroatoms. The van der Waals surface area contributed by atoms with Crippen molar-refractivity contribution in [2.45, 2.75) is 44.5 Å². The molecule has 29 heavy (non-hydrogen) atoms. The van der Waals surface area contributed by atoms with E-state index < -0.39 is 15.7 Å². The second-order valence-electron chi connectivity index (χ2n) is 7.62. The molecule has 0 aliphatic heterocycles. The van der Waals surface area contributed by atoms with Gasteiger partial charge in [-0.25, -0.2) is 9.19 Å². The van der Waals surface area contributed by atoms with Crippen LogP contribution in [0.4, 0.5) is 0 Å². The van der Waals surface area contributed by atoms with E-state index >= 15 is 0 Å². The highest BCUT2D eigenvalue weighted by molar-refractivity contribution is 7.84. The molecule has 2 heterocycles. The van der Waals surface area contributed by atoms with Crippen molar-refractivity contribution in [1.82, 2.24) is 9.97 Å². The summed E-state index contributed by atoms with van der Waals surface area (Å²) in [5.74, 6) is 0.551. The quantitative estimate of drug-likeness (QED) is 0.486. The summed E-state index contributed by atoms with van der Waals surface area (Å²) in [5, 5.41) is 7.37. The molecule has 2 N–H and O–H groups in total. The first-order valence-corrected chi connectivity index (χ1v) is 11.1. The molecule has 0 saturated carbocycles. The van der Waals surface area contributed by atoms with Crippen molar-refractivity contribution in [1.29, 1.82) is 0 Å². The van der Waals surface area contributed by atoms with Gasteiger partial charge in [0.25, 0.3) is 0 Å². The van der Waals surface area contributed by atoms with Gasteiger partial charge in [-0.1, -0.05) is 36.2 Å². The fourth-order valence-corrected chi connectivity index (χ4v) is 4.16. The minimum absolute atomic E-state index is 0.0285. The van der Waals surface area contributed by atoms with Crippen molar-refractivity contribution in [2.75, 3.05) is 0 Å². The Morgan fingerprint density at radius 1 is 1.24 bits per heavy atom. The van der Waals surface area contributed by atoms with Crippen molar-refractivity contribution >= 4 is 45.1 Å². The Kier molecular flexibility index (Phi) is 6.79. The summed E-state index contributed by atoms with van der Waals surface area (Å²) in [6.07, 6.45) is 2.33. The minimum atomic E-state index is -1.44. The topological polar surface area (TPSA) is 78.1 Å². The molecule has 0 fully saturated rings. The zero-order chi connectivity index (χ0) is 21.2. The Balaban J connectivity index is 1.87. The van der Waals surface area contributed by atoms with Crippen molar-refractivity contribution in [2.24, 2.45) is 5.14 Å². The fourth-order valence-electron chi connectivity index (χ4n) is 3.19. The molecule has 1 unspecified atom stereocenters. The first-order valence-electron chi connectivity index (χ1n) is 9.16. The average Bonchev–Trinajstić information content (AvgIpc) is 2.66. The smallest absolute Gasteiger partial charge is 0.140 e. The highest BCUT2D eigenvalue weighted by Gasteiger charge is 2.28. The molecule has 1 aromatic carbocycles.